The molecule has 0 bridgehead atoms. The number of pyridine rings is 1. The Morgan fingerprint density at radius 1 is 1.19 bits per heavy atom. The van der Waals surface area contributed by atoms with Gasteiger partial charge in [0.1, 0.15) is 0 Å². The van der Waals surface area contributed by atoms with E-state index in [1.165, 1.54) is 0 Å². The van der Waals surface area contributed by atoms with E-state index in [0.717, 1.165) is 29.0 Å². The van der Waals surface area contributed by atoms with Crippen LogP contribution < -0.4 is 14.8 Å². The lowest BCUT2D eigenvalue weighted by atomic mass is 9.99. The first-order chi connectivity index (χ1) is 10.3. The van der Waals surface area contributed by atoms with E-state index in [9.17, 15) is 0 Å². The number of nitrogens with one attached hydrogen (secondary N) is 1. The van der Waals surface area contributed by atoms with Gasteiger partial charge < -0.3 is 14.8 Å². The smallest absolute Gasteiger partial charge is 0.161 e. The monoisotopic (exact) mass is 304 g/mol. The van der Waals surface area contributed by atoms with Gasteiger partial charge in [-0.1, -0.05) is 17.7 Å². The Morgan fingerprint density at radius 3 is 2.76 bits per heavy atom. The second kappa shape index (κ2) is 6.33. The zero-order chi connectivity index (χ0) is 14.7. The van der Waals surface area contributed by atoms with Crippen molar-refractivity contribution in [3.05, 3.63) is 52.8 Å². The van der Waals surface area contributed by atoms with Crippen LogP contribution in [-0.4, -0.2) is 25.2 Å². The van der Waals surface area contributed by atoms with Crippen LogP contribution in [0.15, 0.2) is 36.7 Å². The first kappa shape index (κ1) is 14.2. The molecule has 1 aliphatic heterocycles. The summed E-state index contributed by atoms with van der Waals surface area (Å²) >= 11 is 6.26. The third-order valence-electron chi connectivity index (χ3n) is 3.51. The van der Waals surface area contributed by atoms with Gasteiger partial charge >= 0.3 is 0 Å². The van der Waals surface area contributed by atoms with Crippen LogP contribution >= 0.6 is 11.6 Å². The Balaban J connectivity index is 1.98. The SMILES string of the molecule is CNC(c1ccc2c(c1)OCCCO2)c1ccncc1Cl. The average Bonchev–Trinajstić information content (AvgIpc) is 2.75. The van der Waals surface area contributed by atoms with Crippen LogP contribution in [0.1, 0.15) is 23.6 Å². The second-order valence-electron chi connectivity index (χ2n) is 4.88. The average molecular weight is 305 g/mol. The second-order valence-corrected chi connectivity index (χ2v) is 5.28. The van der Waals surface area contributed by atoms with Crippen LogP contribution in [0.3, 0.4) is 0 Å². The van der Waals surface area contributed by atoms with Crippen LogP contribution in [-0.2, 0) is 0 Å². The van der Waals surface area contributed by atoms with Gasteiger partial charge in [0.2, 0.25) is 0 Å². The van der Waals surface area contributed by atoms with Crippen LogP contribution in [0.25, 0.3) is 0 Å². The molecule has 1 aromatic heterocycles. The number of benzene rings is 1. The summed E-state index contributed by atoms with van der Waals surface area (Å²) in [6.45, 7) is 1.37. The Morgan fingerprint density at radius 2 is 2.00 bits per heavy atom. The molecule has 2 heterocycles. The molecule has 5 heteroatoms. The molecule has 0 saturated heterocycles. The highest BCUT2D eigenvalue weighted by Crippen LogP contribution is 2.35. The molecule has 1 atom stereocenters. The van der Waals surface area contributed by atoms with Gasteiger partial charge in [-0.05, 0) is 36.4 Å². The minimum Gasteiger partial charge on any atom is -0.490 e. The molecule has 0 amide bonds. The molecule has 0 fully saturated rings. The van der Waals surface area contributed by atoms with Gasteiger partial charge in [-0.25, -0.2) is 0 Å². The van der Waals surface area contributed by atoms with E-state index in [1.807, 2.05) is 31.3 Å². The van der Waals surface area contributed by atoms with Gasteiger partial charge in [0.05, 0.1) is 24.3 Å². The fraction of sp³-hybridized carbons (Fsp3) is 0.312. The topological polar surface area (TPSA) is 43.4 Å². The number of hydrogen-bond donors (Lipinski definition) is 1. The van der Waals surface area contributed by atoms with E-state index >= 15 is 0 Å². The highest BCUT2D eigenvalue weighted by molar-refractivity contribution is 6.31. The molecule has 0 radical (unpaired) electrons. The predicted octanol–water partition coefficient (Wildman–Crippen LogP) is 3.21. The van der Waals surface area contributed by atoms with Gasteiger partial charge in [0, 0.05) is 18.8 Å². The molecule has 0 aliphatic carbocycles. The number of hydrogen-bond acceptors (Lipinski definition) is 4. The molecule has 21 heavy (non-hydrogen) atoms. The number of aromatic nitrogens is 1. The summed E-state index contributed by atoms with van der Waals surface area (Å²) in [5.41, 5.74) is 2.07. The summed E-state index contributed by atoms with van der Waals surface area (Å²) in [4.78, 5) is 4.03. The number of fused-ring (bicyclic) bond motifs is 1. The van der Waals surface area contributed by atoms with Crippen molar-refractivity contribution in [3.8, 4) is 11.5 Å². The molecule has 2 aromatic rings. The summed E-state index contributed by atoms with van der Waals surface area (Å²) in [5.74, 6) is 1.59. The minimum atomic E-state index is -0.0161. The predicted molar refractivity (Wildman–Crippen MR) is 82.2 cm³/mol. The van der Waals surface area contributed by atoms with Crippen molar-refractivity contribution in [2.24, 2.45) is 0 Å². The van der Waals surface area contributed by atoms with E-state index in [2.05, 4.69) is 10.3 Å². The quantitative estimate of drug-likeness (QED) is 0.945. The third-order valence-corrected chi connectivity index (χ3v) is 3.82. The zero-order valence-corrected chi connectivity index (χ0v) is 12.6. The first-order valence-corrected chi connectivity index (χ1v) is 7.33. The summed E-state index contributed by atoms with van der Waals surface area (Å²) in [6, 6.07) is 7.91. The van der Waals surface area contributed by atoms with Crippen molar-refractivity contribution in [3.63, 3.8) is 0 Å². The Hall–Kier alpha value is -1.78. The highest BCUT2D eigenvalue weighted by Gasteiger charge is 2.18. The van der Waals surface area contributed by atoms with Crippen molar-refractivity contribution in [2.45, 2.75) is 12.5 Å². The lowest BCUT2D eigenvalue weighted by molar-refractivity contribution is 0.297. The van der Waals surface area contributed by atoms with Crippen molar-refractivity contribution in [1.82, 2.24) is 10.3 Å². The molecule has 4 nitrogen and oxygen atoms in total. The third kappa shape index (κ3) is 2.96. The van der Waals surface area contributed by atoms with E-state index < -0.39 is 0 Å². The standard InChI is InChI=1S/C16H17ClN2O2/c1-18-16(12-5-6-19-10-13(12)17)11-3-4-14-15(9-11)21-8-2-7-20-14/h3-6,9-10,16,18H,2,7-8H2,1H3. The van der Waals surface area contributed by atoms with Crippen molar-refractivity contribution in [1.29, 1.82) is 0 Å². The van der Waals surface area contributed by atoms with E-state index in [-0.39, 0.29) is 6.04 Å². The van der Waals surface area contributed by atoms with E-state index in [1.54, 1.807) is 12.4 Å². The Labute approximate surface area is 129 Å². The van der Waals surface area contributed by atoms with Crippen LogP contribution in [0.4, 0.5) is 0 Å². The number of nitrogens with zero attached hydrogens (tertiary/aromatic N) is 1. The first-order valence-electron chi connectivity index (χ1n) is 6.96. The van der Waals surface area contributed by atoms with Crippen molar-refractivity contribution < 1.29 is 9.47 Å². The summed E-state index contributed by atoms with van der Waals surface area (Å²) in [5, 5.41) is 3.93. The maximum Gasteiger partial charge on any atom is 0.161 e. The molecule has 3 rings (SSSR count). The van der Waals surface area contributed by atoms with Crippen LogP contribution in [0.2, 0.25) is 5.02 Å². The van der Waals surface area contributed by atoms with Gasteiger partial charge in [0.15, 0.2) is 11.5 Å². The summed E-state index contributed by atoms with van der Waals surface area (Å²) in [6.07, 6.45) is 4.30. The minimum absolute atomic E-state index is 0.0161. The van der Waals surface area contributed by atoms with Crippen molar-refractivity contribution in [2.75, 3.05) is 20.3 Å². The Bertz CT molecular complexity index is 633. The number of halogens is 1. The molecule has 1 aromatic carbocycles. The van der Waals surface area contributed by atoms with E-state index in [4.69, 9.17) is 21.1 Å². The molecule has 1 N–H and O–H groups in total. The normalized spacial score (nSPS) is 15.3. The highest BCUT2D eigenvalue weighted by atomic mass is 35.5. The summed E-state index contributed by atoms with van der Waals surface area (Å²) < 4.78 is 11.4. The maximum atomic E-state index is 6.26. The van der Waals surface area contributed by atoms with Crippen LogP contribution in [0.5, 0.6) is 11.5 Å². The van der Waals surface area contributed by atoms with Gasteiger partial charge in [-0.3, -0.25) is 4.98 Å². The maximum absolute atomic E-state index is 6.26. The van der Waals surface area contributed by atoms with Gasteiger partial charge in [0.25, 0.3) is 0 Å². The van der Waals surface area contributed by atoms with Crippen molar-refractivity contribution >= 4 is 11.6 Å². The number of rotatable bonds is 3. The summed E-state index contributed by atoms with van der Waals surface area (Å²) in [7, 11) is 1.91. The lowest BCUT2D eigenvalue weighted by Crippen LogP contribution is -2.18. The molecule has 0 spiro atoms. The van der Waals surface area contributed by atoms with Gasteiger partial charge in [-0.2, -0.15) is 0 Å². The lowest BCUT2D eigenvalue weighted by Gasteiger charge is -2.19. The fourth-order valence-electron chi connectivity index (χ4n) is 2.48. The fourth-order valence-corrected chi connectivity index (χ4v) is 2.71. The molecule has 110 valence electrons. The zero-order valence-electron chi connectivity index (χ0n) is 11.8. The Kier molecular flexibility index (Phi) is 4.27. The molecule has 0 saturated carbocycles. The molecule has 1 unspecified atom stereocenters. The molecular formula is C16H17ClN2O2. The largest absolute Gasteiger partial charge is 0.490 e. The molecular weight excluding hydrogens is 288 g/mol. The van der Waals surface area contributed by atoms with Crippen LogP contribution in [0, 0.1) is 0 Å². The van der Waals surface area contributed by atoms with E-state index in [0.29, 0.717) is 18.2 Å². The van der Waals surface area contributed by atoms with Gasteiger partial charge in [-0.15, -0.1) is 0 Å². The molecule has 1 aliphatic rings. The number of ether oxygens (including phenoxy) is 2.